The minimum atomic E-state index is 0.498. The molecule has 1 atom stereocenters. The highest BCUT2D eigenvalue weighted by Crippen LogP contribution is 2.19. The molecular weight excluding hydrogens is 268 g/mol. The molecule has 0 amide bonds. The SMILES string of the molecule is CN=C(NCCn1cccc1)NCC(C)c1cccs1. The summed E-state index contributed by atoms with van der Waals surface area (Å²) in [6.07, 6.45) is 4.13. The molecule has 0 aliphatic carbocycles. The van der Waals surface area contributed by atoms with Crippen LogP contribution in [0.25, 0.3) is 0 Å². The predicted molar refractivity (Wildman–Crippen MR) is 86.5 cm³/mol. The summed E-state index contributed by atoms with van der Waals surface area (Å²) in [5.74, 6) is 1.36. The van der Waals surface area contributed by atoms with Crippen LogP contribution in [-0.2, 0) is 6.54 Å². The van der Waals surface area contributed by atoms with Crippen molar-refractivity contribution >= 4 is 17.3 Å². The van der Waals surface area contributed by atoms with Gasteiger partial charge in [0.1, 0.15) is 0 Å². The number of hydrogen-bond donors (Lipinski definition) is 2. The van der Waals surface area contributed by atoms with E-state index in [2.05, 4.69) is 57.0 Å². The lowest BCUT2D eigenvalue weighted by Crippen LogP contribution is -2.40. The molecule has 2 aromatic heterocycles. The quantitative estimate of drug-likeness (QED) is 0.634. The molecule has 0 saturated carbocycles. The molecule has 2 heterocycles. The van der Waals surface area contributed by atoms with Crippen molar-refractivity contribution in [2.75, 3.05) is 20.1 Å². The molecule has 2 aromatic rings. The van der Waals surface area contributed by atoms with Crippen molar-refractivity contribution < 1.29 is 0 Å². The number of aromatic nitrogens is 1. The second kappa shape index (κ2) is 7.75. The topological polar surface area (TPSA) is 41.4 Å². The monoisotopic (exact) mass is 290 g/mol. The van der Waals surface area contributed by atoms with Crippen molar-refractivity contribution in [3.63, 3.8) is 0 Å². The second-order valence-corrected chi connectivity index (χ2v) is 5.70. The van der Waals surface area contributed by atoms with Gasteiger partial charge >= 0.3 is 0 Å². The summed E-state index contributed by atoms with van der Waals surface area (Å²) in [4.78, 5) is 5.65. The predicted octanol–water partition coefficient (Wildman–Crippen LogP) is 2.52. The fourth-order valence-electron chi connectivity index (χ4n) is 1.97. The summed E-state index contributed by atoms with van der Waals surface area (Å²) < 4.78 is 2.15. The number of nitrogens with zero attached hydrogens (tertiary/aromatic N) is 2. The van der Waals surface area contributed by atoms with E-state index in [0.717, 1.165) is 25.6 Å². The van der Waals surface area contributed by atoms with E-state index in [-0.39, 0.29) is 0 Å². The van der Waals surface area contributed by atoms with Crippen LogP contribution in [0, 0.1) is 0 Å². The summed E-state index contributed by atoms with van der Waals surface area (Å²) in [6, 6.07) is 8.35. The Kier molecular flexibility index (Phi) is 5.68. The summed E-state index contributed by atoms with van der Waals surface area (Å²) >= 11 is 1.80. The highest BCUT2D eigenvalue weighted by molar-refractivity contribution is 7.10. The van der Waals surface area contributed by atoms with E-state index in [1.165, 1.54) is 4.88 Å². The molecule has 0 radical (unpaired) electrons. The molecule has 5 heteroatoms. The number of rotatable bonds is 6. The molecule has 2 rings (SSSR count). The zero-order valence-corrected chi connectivity index (χ0v) is 12.9. The minimum Gasteiger partial charge on any atom is -0.356 e. The average Bonchev–Trinajstić information content (AvgIpc) is 3.14. The van der Waals surface area contributed by atoms with E-state index in [9.17, 15) is 0 Å². The Hall–Kier alpha value is -1.75. The Balaban J connectivity index is 1.70. The molecule has 1 unspecified atom stereocenters. The zero-order valence-electron chi connectivity index (χ0n) is 12.0. The van der Waals surface area contributed by atoms with Gasteiger partial charge in [-0.1, -0.05) is 13.0 Å². The van der Waals surface area contributed by atoms with E-state index in [4.69, 9.17) is 0 Å². The second-order valence-electron chi connectivity index (χ2n) is 4.72. The van der Waals surface area contributed by atoms with Crippen molar-refractivity contribution in [2.45, 2.75) is 19.4 Å². The van der Waals surface area contributed by atoms with Gasteiger partial charge in [-0.15, -0.1) is 11.3 Å². The van der Waals surface area contributed by atoms with Gasteiger partial charge < -0.3 is 15.2 Å². The first kappa shape index (κ1) is 14.7. The average molecular weight is 290 g/mol. The lowest BCUT2D eigenvalue weighted by molar-refractivity contribution is 0.655. The molecule has 20 heavy (non-hydrogen) atoms. The van der Waals surface area contributed by atoms with Crippen LogP contribution in [0.4, 0.5) is 0 Å². The molecule has 0 fully saturated rings. The first-order valence-electron chi connectivity index (χ1n) is 6.88. The molecule has 108 valence electrons. The maximum atomic E-state index is 4.25. The van der Waals surface area contributed by atoms with Gasteiger partial charge in [0, 0.05) is 49.9 Å². The van der Waals surface area contributed by atoms with E-state index in [0.29, 0.717) is 5.92 Å². The Labute approximate surface area is 124 Å². The maximum Gasteiger partial charge on any atom is 0.191 e. The van der Waals surface area contributed by atoms with Crippen LogP contribution in [-0.4, -0.2) is 30.7 Å². The van der Waals surface area contributed by atoms with E-state index >= 15 is 0 Å². The summed E-state index contributed by atoms with van der Waals surface area (Å²) in [7, 11) is 1.81. The Morgan fingerprint density at radius 3 is 2.75 bits per heavy atom. The maximum absolute atomic E-state index is 4.25. The Morgan fingerprint density at radius 1 is 1.30 bits per heavy atom. The third kappa shape index (κ3) is 4.42. The molecule has 0 bridgehead atoms. The first-order valence-corrected chi connectivity index (χ1v) is 7.76. The standard InChI is InChI=1S/C15H22N4S/c1-13(14-6-5-11-20-14)12-18-15(16-2)17-7-10-19-8-3-4-9-19/h3-6,8-9,11,13H,7,10,12H2,1-2H3,(H2,16,17,18). The largest absolute Gasteiger partial charge is 0.356 e. The van der Waals surface area contributed by atoms with Gasteiger partial charge in [-0.2, -0.15) is 0 Å². The Morgan fingerprint density at radius 2 is 2.10 bits per heavy atom. The number of nitrogens with one attached hydrogen (secondary N) is 2. The van der Waals surface area contributed by atoms with E-state index < -0.39 is 0 Å². The third-order valence-electron chi connectivity index (χ3n) is 3.16. The van der Waals surface area contributed by atoms with Gasteiger partial charge in [-0.3, -0.25) is 4.99 Å². The lowest BCUT2D eigenvalue weighted by Gasteiger charge is -2.15. The fourth-order valence-corrected chi connectivity index (χ4v) is 2.75. The van der Waals surface area contributed by atoms with Crippen LogP contribution in [0.2, 0.25) is 0 Å². The van der Waals surface area contributed by atoms with Gasteiger partial charge in [0.25, 0.3) is 0 Å². The lowest BCUT2D eigenvalue weighted by atomic mass is 10.1. The van der Waals surface area contributed by atoms with Crippen LogP contribution in [0.1, 0.15) is 17.7 Å². The molecule has 0 saturated heterocycles. The first-order chi connectivity index (χ1) is 9.79. The highest BCUT2D eigenvalue weighted by Gasteiger charge is 2.07. The van der Waals surface area contributed by atoms with E-state index in [1.54, 1.807) is 18.4 Å². The van der Waals surface area contributed by atoms with Gasteiger partial charge in [0.15, 0.2) is 5.96 Å². The zero-order chi connectivity index (χ0) is 14.2. The van der Waals surface area contributed by atoms with Gasteiger partial charge in [-0.05, 0) is 23.6 Å². The normalized spacial score (nSPS) is 13.2. The molecule has 0 aromatic carbocycles. The molecule has 4 nitrogen and oxygen atoms in total. The number of hydrogen-bond acceptors (Lipinski definition) is 2. The van der Waals surface area contributed by atoms with Crippen LogP contribution < -0.4 is 10.6 Å². The van der Waals surface area contributed by atoms with Gasteiger partial charge in [-0.25, -0.2) is 0 Å². The van der Waals surface area contributed by atoms with Crippen molar-refractivity contribution in [1.82, 2.24) is 15.2 Å². The van der Waals surface area contributed by atoms with Crippen LogP contribution >= 0.6 is 11.3 Å². The van der Waals surface area contributed by atoms with Crippen molar-refractivity contribution in [2.24, 2.45) is 4.99 Å². The summed E-state index contributed by atoms with van der Waals surface area (Å²) in [5.41, 5.74) is 0. The summed E-state index contributed by atoms with van der Waals surface area (Å²) in [5, 5.41) is 8.82. The molecule has 0 spiro atoms. The smallest absolute Gasteiger partial charge is 0.191 e. The van der Waals surface area contributed by atoms with Crippen LogP contribution in [0.15, 0.2) is 47.0 Å². The highest BCUT2D eigenvalue weighted by atomic mass is 32.1. The van der Waals surface area contributed by atoms with Crippen LogP contribution in [0.5, 0.6) is 0 Å². The van der Waals surface area contributed by atoms with Crippen molar-refractivity contribution in [3.05, 3.63) is 46.9 Å². The van der Waals surface area contributed by atoms with Crippen LogP contribution in [0.3, 0.4) is 0 Å². The summed E-state index contributed by atoms with van der Waals surface area (Å²) in [6.45, 7) is 4.92. The molecule has 0 aliphatic heterocycles. The number of thiophene rings is 1. The molecule has 2 N–H and O–H groups in total. The fraction of sp³-hybridized carbons (Fsp3) is 0.400. The van der Waals surface area contributed by atoms with E-state index in [1.807, 2.05) is 12.1 Å². The molecular formula is C15H22N4S. The number of aliphatic imine (C=N–C) groups is 1. The minimum absolute atomic E-state index is 0.498. The van der Waals surface area contributed by atoms with Gasteiger partial charge in [0.2, 0.25) is 0 Å². The molecule has 0 aliphatic rings. The van der Waals surface area contributed by atoms with Gasteiger partial charge in [0.05, 0.1) is 0 Å². The van der Waals surface area contributed by atoms with Crippen molar-refractivity contribution in [3.8, 4) is 0 Å². The Bertz CT molecular complexity index is 502. The number of guanidine groups is 1. The van der Waals surface area contributed by atoms with Crippen molar-refractivity contribution in [1.29, 1.82) is 0 Å². The third-order valence-corrected chi connectivity index (χ3v) is 4.26.